The Labute approximate surface area is 107 Å². The lowest BCUT2D eigenvalue weighted by Crippen LogP contribution is -2.42. The van der Waals surface area contributed by atoms with E-state index in [0.29, 0.717) is 5.82 Å². The van der Waals surface area contributed by atoms with Crippen LogP contribution in [0, 0.1) is 6.92 Å². The molecule has 1 rings (SSSR count). The molecule has 0 bridgehead atoms. The van der Waals surface area contributed by atoms with Crippen molar-refractivity contribution in [3.05, 3.63) is 12.0 Å². The third-order valence-corrected chi connectivity index (χ3v) is 4.01. The number of sulfonamides is 1. The third kappa shape index (κ3) is 3.29. The van der Waals surface area contributed by atoms with Crippen molar-refractivity contribution >= 4 is 10.0 Å². The average Bonchev–Trinajstić information content (AvgIpc) is 2.61. The van der Waals surface area contributed by atoms with Crippen molar-refractivity contribution in [2.45, 2.75) is 31.2 Å². The smallest absolute Gasteiger partial charge is 0.260 e. The van der Waals surface area contributed by atoms with Gasteiger partial charge in [-0.25, -0.2) is 18.1 Å². The average molecular weight is 277 g/mol. The van der Waals surface area contributed by atoms with Gasteiger partial charge in [-0.05, 0) is 13.8 Å². The summed E-state index contributed by atoms with van der Waals surface area (Å²) < 4.78 is 38.2. The molecule has 0 aromatic carbocycles. The number of imidazole rings is 1. The summed E-state index contributed by atoms with van der Waals surface area (Å²) in [4.78, 5) is 3.98. The van der Waals surface area contributed by atoms with Gasteiger partial charge in [0.05, 0.1) is 6.04 Å². The molecule has 0 radical (unpaired) electrons. The van der Waals surface area contributed by atoms with Gasteiger partial charge in [0.25, 0.3) is 10.0 Å². The van der Waals surface area contributed by atoms with Crippen molar-refractivity contribution in [1.29, 1.82) is 0 Å². The number of methoxy groups -OCH3 is 2. The van der Waals surface area contributed by atoms with Gasteiger partial charge in [-0.15, -0.1) is 0 Å². The highest BCUT2D eigenvalue weighted by atomic mass is 32.2. The summed E-state index contributed by atoms with van der Waals surface area (Å²) in [6.45, 7) is 3.39. The molecule has 8 heteroatoms. The SMILES string of the molecule is COC(OC)C(C)NS(=O)(=O)c1cn(C)c(C)n1. The number of nitrogens with zero attached hydrogens (tertiary/aromatic N) is 2. The Morgan fingerprint density at radius 2 is 1.94 bits per heavy atom. The van der Waals surface area contributed by atoms with Gasteiger partial charge in [-0.1, -0.05) is 0 Å². The molecule has 0 aliphatic heterocycles. The van der Waals surface area contributed by atoms with E-state index in [9.17, 15) is 8.42 Å². The first-order valence-corrected chi connectivity index (χ1v) is 6.88. The highest BCUT2D eigenvalue weighted by molar-refractivity contribution is 7.89. The van der Waals surface area contributed by atoms with Gasteiger partial charge in [0.1, 0.15) is 5.82 Å². The van der Waals surface area contributed by atoms with Gasteiger partial charge in [-0.2, -0.15) is 0 Å². The van der Waals surface area contributed by atoms with Gasteiger partial charge in [-0.3, -0.25) is 0 Å². The summed E-state index contributed by atoms with van der Waals surface area (Å²) in [6, 6.07) is -0.521. The van der Waals surface area contributed by atoms with Gasteiger partial charge >= 0.3 is 0 Å². The second-order valence-electron chi connectivity index (χ2n) is 3.99. The van der Waals surface area contributed by atoms with Crippen molar-refractivity contribution < 1.29 is 17.9 Å². The standard InChI is InChI=1S/C10H19N3O4S/c1-7(10(16-4)17-5)12-18(14,15)9-6-13(3)8(2)11-9/h6-7,10,12H,1-5H3. The zero-order valence-electron chi connectivity index (χ0n) is 11.2. The Kier molecular flexibility index (Phi) is 4.85. The van der Waals surface area contributed by atoms with E-state index < -0.39 is 22.4 Å². The minimum absolute atomic E-state index is 0.0136. The minimum atomic E-state index is -3.67. The van der Waals surface area contributed by atoms with Crippen LogP contribution in [-0.4, -0.2) is 44.5 Å². The molecule has 0 aliphatic carbocycles. The molecule has 104 valence electrons. The Balaban J connectivity index is 2.88. The number of nitrogens with one attached hydrogen (secondary N) is 1. The van der Waals surface area contributed by atoms with Crippen molar-refractivity contribution in [3.63, 3.8) is 0 Å². The molecule has 1 aromatic rings. The number of hydrogen-bond donors (Lipinski definition) is 1. The maximum Gasteiger partial charge on any atom is 0.260 e. The van der Waals surface area contributed by atoms with E-state index in [1.165, 1.54) is 20.4 Å². The predicted octanol–water partition coefficient (Wildman–Crippen LogP) is 0.0142. The molecule has 0 saturated carbocycles. The minimum Gasteiger partial charge on any atom is -0.354 e. The fourth-order valence-electron chi connectivity index (χ4n) is 1.52. The normalized spacial score (nSPS) is 14.1. The van der Waals surface area contributed by atoms with Gasteiger partial charge in [0.2, 0.25) is 0 Å². The molecule has 7 nitrogen and oxygen atoms in total. The molecule has 1 aromatic heterocycles. The van der Waals surface area contributed by atoms with Crippen LogP contribution in [-0.2, 0) is 26.5 Å². The van der Waals surface area contributed by atoms with E-state index in [4.69, 9.17) is 9.47 Å². The summed E-state index contributed by atoms with van der Waals surface area (Å²) in [5, 5.41) is -0.0136. The second kappa shape index (κ2) is 5.79. The van der Waals surface area contributed by atoms with E-state index in [-0.39, 0.29) is 5.03 Å². The fourth-order valence-corrected chi connectivity index (χ4v) is 2.79. The molecule has 0 saturated heterocycles. The van der Waals surface area contributed by atoms with E-state index in [1.807, 2.05) is 0 Å². The zero-order valence-corrected chi connectivity index (χ0v) is 12.0. The molecule has 1 N–H and O–H groups in total. The van der Waals surface area contributed by atoms with Crippen molar-refractivity contribution in [1.82, 2.24) is 14.3 Å². The van der Waals surface area contributed by atoms with E-state index in [2.05, 4.69) is 9.71 Å². The highest BCUT2D eigenvalue weighted by Crippen LogP contribution is 2.10. The van der Waals surface area contributed by atoms with Crippen LogP contribution < -0.4 is 4.72 Å². The first kappa shape index (κ1) is 15.1. The third-order valence-electron chi connectivity index (χ3n) is 2.58. The van der Waals surface area contributed by atoms with Gasteiger partial charge in [0, 0.05) is 27.5 Å². The topological polar surface area (TPSA) is 82.5 Å². The highest BCUT2D eigenvalue weighted by Gasteiger charge is 2.25. The number of ether oxygens (including phenoxy) is 2. The lowest BCUT2D eigenvalue weighted by atomic mass is 10.3. The van der Waals surface area contributed by atoms with Crippen LogP contribution in [0.3, 0.4) is 0 Å². The van der Waals surface area contributed by atoms with Crippen molar-refractivity contribution in [2.24, 2.45) is 7.05 Å². The summed E-state index contributed by atoms with van der Waals surface area (Å²) in [5.41, 5.74) is 0. The zero-order chi connectivity index (χ0) is 13.9. The van der Waals surface area contributed by atoms with Crippen molar-refractivity contribution in [3.8, 4) is 0 Å². The second-order valence-corrected chi connectivity index (χ2v) is 5.65. The van der Waals surface area contributed by atoms with Crippen LogP contribution in [0.2, 0.25) is 0 Å². The number of aromatic nitrogens is 2. The summed E-state index contributed by atoms with van der Waals surface area (Å²) in [6.07, 6.45) is 0.809. The molecule has 1 atom stereocenters. The quantitative estimate of drug-likeness (QED) is 0.741. The molecule has 1 unspecified atom stereocenters. The van der Waals surface area contributed by atoms with Gasteiger partial charge in [0.15, 0.2) is 11.3 Å². The van der Waals surface area contributed by atoms with Crippen LogP contribution in [0.5, 0.6) is 0 Å². The molecular weight excluding hydrogens is 258 g/mol. The van der Waals surface area contributed by atoms with Crippen LogP contribution in [0.1, 0.15) is 12.7 Å². The maximum absolute atomic E-state index is 12.0. The number of aryl methyl sites for hydroxylation is 2. The largest absolute Gasteiger partial charge is 0.354 e. The Morgan fingerprint density at radius 1 is 1.39 bits per heavy atom. The molecule has 0 aliphatic rings. The first-order valence-electron chi connectivity index (χ1n) is 5.39. The number of hydrogen-bond acceptors (Lipinski definition) is 5. The Bertz CT molecular complexity index is 474. The van der Waals surface area contributed by atoms with Crippen LogP contribution in [0.4, 0.5) is 0 Å². The molecule has 0 spiro atoms. The molecule has 1 heterocycles. The monoisotopic (exact) mass is 277 g/mol. The summed E-state index contributed by atoms with van der Waals surface area (Å²) in [7, 11) is 0.962. The summed E-state index contributed by atoms with van der Waals surface area (Å²) >= 11 is 0. The Hall–Kier alpha value is -0.960. The fraction of sp³-hybridized carbons (Fsp3) is 0.700. The van der Waals surface area contributed by atoms with Crippen LogP contribution in [0.15, 0.2) is 11.2 Å². The van der Waals surface area contributed by atoms with E-state index >= 15 is 0 Å². The Morgan fingerprint density at radius 3 is 2.33 bits per heavy atom. The predicted molar refractivity (Wildman–Crippen MR) is 65.5 cm³/mol. The lowest BCUT2D eigenvalue weighted by molar-refractivity contribution is -0.115. The van der Waals surface area contributed by atoms with Crippen LogP contribution >= 0.6 is 0 Å². The maximum atomic E-state index is 12.0. The first-order chi connectivity index (χ1) is 8.31. The van der Waals surface area contributed by atoms with Gasteiger partial charge < -0.3 is 14.0 Å². The number of rotatable bonds is 6. The molecule has 0 fully saturated rings. The molecular formula is C10H19N3O4S. The molecule has 18 heavy (non-hydrogen) atoms. The van der Waals surface area contributed by atoms with Crippen LogP contribution in [0.25, 0.3) is 0 Å². The lowest BCUT2D eigenvalue weighted by Gasteiger charge is -2.21. The molecule has 0 amide bonds. The van der Waals surface area contributed by atoms with Crippen molar-refractivity contribution in [2.75, 3.05) is 14.2 Å². The van der Waals surface area contributed by atoms with E-state index in [1.54, 1.807) is 25.5 Å². The van der Waals surface area contributed by atoms with E-state index in [0.717, 1.165) is 0 Å². The summed E-state index contributed by atoms with van der Waals surface area (Å²) in [5.74, 6) is 0.623.